The van der Waals surface area contributed by atoms with Crippen molar-refractivity contribution in [2.75, 3.05) is 33.4 Å². The number of nitrogens with zero attached hydrogens (tertiary/aromatic N) is 2. The van der Waals surface area contributed by atoms with Gasteiger partial charge in [0.25, 0.3) is 5.91 Å². The van der Waals surface area contributed by atoms with E-state index in [1.807, 2.05) is 0 Å². The first-order valence-corrected chi connectivity index (χ1v) is 11.0. The number of fused-ring (bicyclic) bond motifs is 1. The third-order valence-corrected chi connectivity index (χ3v) is 5.60. The maximum atomic E-state index is 12.7. The van der Waals surface area contributed by atoms with E-state index in [1.54, 1.807) is 48.4 Å². The number of aliphatic imine (C=N–C) groups is 1. The first-order valence-electron chi connectivity index (χ1n) is 11.0. The highest BCUT2D eigenvalue weighted by molar-refractivity contribution is 6.06. The van der Waals surface area contributed by atoms with Crippen LogP contribution in [0.15, 0.2) is 59.5 Å². The smallest absolute Gasteiger partial charge is 0.279 e. The van der Waals surface area contributed by atoms with E-state index in [1.165, 1.54) is 12.3 Å². The van der Waals surface area contributed by atoms with E-state index in [4.69, 9.17) is 30.4 Å². The van der Waals surface area contributed by atoms with Gasteiger partial charge in [-0.3, -0.25) is 9.59 Å². The summed E-state index contributed by atoms with van der Waals surface area (Å²) in [7, 11) is 1.76. The Bertz CT molecular complexity index is 1060. The summed E-state index contributed by atoms with van der Waals surface area (Å²) >= 11 is 0. The van der Waals surface area contributed by atoms with Crippen LogP contribution in [0.3, 0.4) is 0 Å². The Balaban J connectivity index is 1.58. The van der Waals surface area contributed by atoms with E-state index in [0.29, 0.717) is 43.6 Å². The minimum atomic E-state index is -0.567. The molecule has 2 amide bonds. The molecule has 1 aliphatic carbocycles. The Morgan fingerprint density at radius 2 is 2.09 bits per heavy atom. The van der Waals surface area contributed by atoms with Crippen LogP contribution in [0.1, 0.15) is 16.8 Å². The van der Waals surface area contributed by atoms with Crippen LogP contribution in [-0.4, -0.2) is 68.2 Å². The van der Waals surface area contributed by atoms with Crippen LogP contribution in [0.25, 0.3) is 0 Å². The fraction of sp³-hybridized carbons (Fsp3) is 0.375. The van der Waals surface area contributed by atoms with Gasteiger partial charge in [0.15, 0.2) is 0 Å². The highest BCUT2D eigenvalue weighted by atomic mass is 16.5. The quantitative estimate of drug-likeness (QED) is 0.468. The highest BCUT2D eigenvalue weighted by Crippen LogP contribution is 2.30. The van der Waals surface area contributed by atoms with Crippen LogP contribution < -0.4 is 20.9 Å². The van der Waals surface area contributed by atoms with Gasteiger partial charge >= 0.3 is 0 Å². The van der Waals surface area contributed by atoms with Crippen molar-refractivity contribution < 1.29 is 28.5 Å². The summed E-state index contributed by atoms with van der Waals surface area (Å²) in [5, 5.41) is 0. The lowest BCUT2D eigenvalue weighted by Gasteiger charge is -2.24. The zero-order chi connectivity index (χ0) is 24.1. The summed E-state index contributed by atoms with van der Waals surface area (Å²) in [5.41, 5.74) is 11.2. The van der Waals surface area contributed by atoms with Crippen molar-refractivity contribution in [1.82, 2.24) is 4.90 Å². The van der Waals surface area contributed by atoms with E-state index in [0.717, 1.165) is 6.42 Å². The molecular weight excluding hydrogens is 440 g/mol. The third kappa shape index (κ3) is 5.64. The summed E-state index contributed by atoms with van der Waals surface area (Å²) in [6.45, 7) is 2.05. The van der Waals surface area contributed by atoms with E-state index in [9.17, 15) is 9.59 Å². The Labute approximate surface area is 197 Å². The Hall–Kier alpha value is -3.63. The van der Waals surface area contributed by atoms with Gasteiger partial charge in [0.2, 0.25) is 5.91 Å². The van der Waals surface area contributed by atoms with Gasteiger partial charge in [-0.1, -0.05) is 6.08 Å². The van der Waals surface area contributed by atoms with Gasteiger partial charge in [-0.15, -0.1) is 0 Å². The van der Waals surface area contributed by atoms with Crippen molar-refractivity contribution in [2.45, 2.75) is 18.6 Å². The van der Waals surface area contributed by atoms with E-state index >= 15 is 0 Å². The Kier molecular flexibility index (Phi) is 7.29. The molecule has 3 unspecified atom stereocenters. The fourth-order valence-corrected chi connectivity index (χ4v) is 3.84. The Morgan fingerprint density at radius 1 is 1.26 bits per heavy atom. The van der Waals surface area contributed by atoms with Gasteiger partial charge in [-0.25, -0.2) is 0 Å². The third-order valence-electron chi connectivity index (χ3n) is 5.60. The number of benzene rings is 1. The number of carbonyl (C=O) groups is 2. The summed E-state index contributed by atoms with van der Waals surface area (Å²) in [6.07, 6.45) is 7.99. The van der Waals surface area contributed by atoms with Gasteiger partial charge in [0.1, 0.15) is 29.2 Å². The summed E-state index contributed by atoms with van der Waals surface area (Å²) in [6, 6.07) is 4.83. The van der Waals surface area contributed by atoms with Crippen molar-refractivity contribution in [3.63, 3.8) is 0 Å². The predicted molar refractivity (Wildman–Crippen MR) is 124 cm³/mol. The number of nitrogens with two attached hydrogens (primary N) is 2. The molecule has 0 bridgehead atoms. The van der Waals surface area contributed by atoms with Crippen molar-refractivity contribution in [3.8, 4) is 11.5 Å². The molecule has 4 rings (SSSR count). The summed E-state index contributed by atoms with van der Waals surface area (Å²) in [4.78, 5) is 30.7. The predicted octanol–water partition coefficient (Wildman–Crippen LogP) is 1.13. The average Bonchev–Trinajstić information content (AvgIpc) is 3.27. The number of likely N-dealkylation sites (N-methyl/N-ethyl adjacent to an activating group) is 1. The molecule has 4 N–H and O–H groups in total. The van der Waals surface area contributed by atoms with E-state index < -0.39 is 17.9 Å². The molecule has 2 heterocycles. The van der Waals surface area contributed by atoms with Crippen molar-refractivity contribution >= 4 is 17.6 Å². The lowest BCUT2D eigenvalue weighted by molar-refractivity contribution is -0.132. The van der Waals surface area contributed by atoms with Crippen molar-refractivity contribution in [1.29, 1.82) is 0 Å². The Morgan fingerprint density at radius 3 is 2.85 bits per heavy atom. The monoisotopic (exact) mass is 468 g/mol. The second-order valence-corrected chi connectivity index (χ2v) is 8.15. The first-order chi connectivity index (χ1) is 16.4. The number of amidine groups is 1. The standard InChI is InChI=1S/C24H28N4O6/c1-28-7-9-32-21-13-16(2-3-20(21)24(28)30)33-18-10-15(23(29)27-22(26)4-6-25)11-19(12-18)34-17-5-8-31-14-17/h2-4,6,10-13,17,20-21H,5,7-9,14,25H2,1H3,(H2,26,27,29)/b6-4-. The number of hydrogen-bond acceptors (Lipinski definition) is 7. The topological polar surface area (TPSA) is 139 Å². The molecule has 0 saturated carbocycles. The second-order valence-electron chi connectivity index (χ2n) is 8.15. The molecule has 180 valence electrons. The van der Waals surface area contributed by atoms with Crippen molar-refractivity contribution in [3.05, 3.63) is 60.0 Å². The number of allylic oxidation sites excluding steroid dienone is 1. The van der Waals surface area contributed by atoms with Gasteiger partial charge in [-0.2, -0.15) is 4.99 Å². The molecule has 3 aliphatic rings. The molecule has 0 spiro atoms. The minimum Gasteiger partial charge on any atom is -0.488 e. The highest BCUT2D eigenvalue weighted by Gasteiger charge is 2.33. The molecule has 3 atom stereocenters. The zero-order valence-electron chi connectivity index (χ0n) is 18.9. The molecule has 0 radical (unpaired) electrons. The molecule has 2 aliphatic heterocycles. The lowest BCUT2D eigenvalue weighted by Crippen LogP contribution is -2.35. The van der Waals surface area contributed by atoms with Crippen LogP contribution in [0.4, 0.5) is 0 Å². The van der Waals surface area contributed by atoms with E-state index in [2.05, 4.69) is 4.99 Å². The summed E-state index contributed by atoms with van der Waals surface area (Å²) in [5.74, 6) is 0.319. The molecule has 2 saturated heterocycles. The second kappa shape index (κ2) is 10.5. The molecule has 2 fully saturated rings. The number of carbonyl (C=O) groups excluding carboxylic acids is 2. The van der Waals surface area contributed by atoms with Gasteiger partial charge < -0.3 is 35.3 Å². The fourth-order valence-electron chi connectivity index (χ4n) is 3.84. The maximum absolute atomic E-state index is 12.7. The molecule has 1 aromatic carbocycles. The maximum Gasteiger partial charge on any atom is 0.279 e. The number of hydrogen-bond donors (Lipinski definition) is 2. The van der Waals surface area contributed by atoms with Gasteiger partial charge in [0.05, 0.1) is 31.8 Å². The molecule has 0 aromatic heterocycles. The minimum absolute atomic E-state index is 0.00177. The molecule has 10 nitrogen and oxygen atoms in total. The van der Waals surface area contributed by atoms with Gasteiger partial charge in [-0.05, 0) is 36.6 Å². The first kappa shape index (κ1) is 23.5. The number of ether oxygens (including phenoxy) is 4. The average molecular weight is 469 g/mol. The van der Waals surface area contributed by atoms with Crippen LogP contribution in [0.2, 0.25) is 0 Å². The number of amides is 2. The van der Waals surface area contributed by atoms with Crippen LogP contribution in [0, 0.1) is 5.92 Å². The largest absolute Gasteiger partial charge is 0.488 e. The molecule has 34 heavy (non-hydrogen) atoms. The van der Waals surface area contributed by atoms with E-state index in [-0.39, 0.29) is 23.4 Å². The molecule has 10 heteroatoms. The van der Waals surface area contributed by atoms with Crippen LogP contribution >= 0.6 is 0 Å². The van der Waals surface area contributed by atoms with Crippen molar-refractivity contribution in [2.24, 2.45) is 22.4 Å². The SMILES string of the molecule is CN1CCOC2C=C(Oc3cc(OC4CCOC4)cc(C(=O)N=C(N)/C=C\N)c3)C=CC2C1=O. The summed E-state index contributed by atoms with van der Waals surface area (Å²) < 4.78 is 23.3. The zero-order valence-corrected chi connectivity index (χ0v) is 18.9. The normalized spacial score (nSPS) is 25.1. The molecule has 1 aromatic rings. The van der Waals surface area contributed by atoms with Crippen LogP contribution in [0.5, 0.6) is 11.5 Å². The van der Waals surface area contributed by atoms with Crippen LogP contribution in [-0.2, 0) is 14.3 Å². The number of rotatable bonds is 6. The molecular formula is C24H28N4O6. The lowest BCUT2D eigenvalue weighted by atomic mass is 9.95. The van der Waals surface area contributed by atoms with Gasteiger partial charge in [0, 0.05) is 31.6 Å².